The van der Waals surface area contributed by atoms with Gasteiger partial charge in [-0.15, -0.1) is 0 Å². The van der Waals surface area contributed by atoms with Crippen LogP contribution in [-0.2, 0) is 18.2 Å². The second-order valence-corrected chi connectivity index (χ2v) is 4.67. The van der Waals surface area contributed by atoms with Gasteiger partial charge < -0.3 is 15.8 Å². The van der Waals surface area contributed by atoms with Crippen molar-refractivity contribution in [1.82, 2.24) is 9.78 Å². The highest BCUT2D eigenvalue weighted by Crippen LogP contribution is 2.24. The molecule has 1 aromatic heterocycles. The standard InChI is InChI=1S/C13H26N4O/c1-5-7-10(9-18-4)15-13-12(14)11(8-6-2)16-17(13)3/h10,15H,5-9,14H2,1-4H3. The van der Waals surface area contributed by atoms with E-state index in [1.54, 1.807) is 7.11 Å². The SMILES string of the molecule is CCCc1nn(C)c(NC(CCC)COC)c1N. The summed E-state index contributed by atoms with van der Waals surface area (Å²) in [6.45, 7) is 4.98. The number of nitrogens with one attached hydrogen (secondary N) is 1. The predicted octanol–water partition coefficient (Wildman–Crippen LogP) is 2.18. The van der Waals surface area contributed by atoms with E-state index in [0.29, 0.717) is 6.61 Å². The Balaban J connectivity index is 2.81. The average molecular weight is 254 g/mol. The molecule has 0 spiro atoms. The molecule has 104 valence electrons. The van der Waals surface area contributed by atoms with E-state index >= 15 is 0 Å². The van der Waals surface area contributed by atoms with Gasteiger partial charge in [0.15, 0.2) is 0 Å². The van der Waals surface area contributed by atoms with Crippen molar-refractivity contribution in [1.29, 1.82) is 0 Å². The number of methoxy groups -OCH3 is 1. The Morgan fingerprint density at radius 3 is 2.67 bits per heavy atom. The molecule has 0 saturated heterocycles. The molecule has 0 aliphatic heterocycles. The summed E-state index contributed by atoms with van der Waals surface area (Å²) in [5.74, 6) is 0.911. The number of aromatic nitrogens is 2. The summed E-state index contributed by atoms with van der Waals surface area (Å²) < 4.78 is 7.06. The minimum Gasteiger partial charge on any atom is -0.394 e. The second-order valence-electron chi connectivity index (χ2n) is 4.67. The number of anilines is 2. The van der Waals surface area contributed by atoms with E-state index in [0.717, 1.165) is 42.9 Å². The van der Waals surface area contributed by atoms with E-state index in [-0.39, 0.29) is 6.04 Å². The van der Waals surface area contributed by atoms with Crippen molar-refractivity contribution in [2.24, 2.45) is 7.05 Å². The molecular formula is C13H26N4O. The van der Waals surface area contributed by atoms with Gasteiger partial charge in [-0.05, 0) is 12.8 Å². The van der Waals surface area contributed by atoms with Gasteiger partial charge in [-0.1, -0.05) is 26.7 Å². The zero-order valence-electron chi connectivity index (χ0n) is 12.0. The number of nitrogen functional groups attached to an aromatic ring is 1. The van der Waals surface area contributed by atoms with E-state index in [2.05, 4.69) is 24.3 Å². The minimum atomic E-state index is 0.284. The van der Waals surface area contributed by atoms with Gasteiger partial charge in [0.25, 0.3) is 0 Å². The first kappa shape index (κ1) is 14.8. The Morgan fingerprint density at radius 2 is 2.11 bits per heavy atom. The third-order valence-electron chi connectivity index (χ3n) is 2.99. The number of hydrogen-bond acceptors (Lipinski definition) is 4. The maximum Gasteiger partial charge on any atom is 0.148 e. The van der Waals surface area contributed by atoms with Gasteiger partial charge in [0.05, 0.1) is 24.0 Å². The lowest BCUT2D eigenvalue weighted by Crippen LogP contribution is -2.26. The molecule has 0 aromatic carbocycles. The summed E-state index contributed by atoms with van der Waals surface area (Å²) in [4.78, 5) is 0. The lowest BCUT2D eigenvalue weighted by Gasteiger charge is -2.18. The summed E-state index contributed by atoms with van der Waals surface area (Å²) >= 11 is 0. The van der Waals surface area contributed by atoms with E-state index in [4.69, 9.17) is 10.5 Å². The normalized spacial score (nSPS) is 12.7. The number of ether oxygens (including phenoxy) is 1. The summed E-state index contributed by atoms with van der Waals surface area (Å²) in [5, 5.41) is 7.91. The number of nitrogens with two attached hydrogens (primary N) is 1. The molecule has 1 aromatic rings. The molecule has 0 aliphatic rings. The Kier molecular flexibility index (Phi) is 5.98. The van der Waals surface area contributed by atoms with Crippen molar-refractivity contribution < 1.29 is 4.74 Å². The first-order chi connectivity index (χ1) is 8.63. The number of nitrogens with zero attached hydrogens (tertiary/aromatic N) is 2. The Labute approximate surface area is 110 Å². The van der Waals surface area contributed by atoms with Crippen molar-refractivity contribution in [3.63, 3.8) is 0 Å². The smallest absolute Gasteiger partial charge is 0.148 e. The summed E-state index contributed by atoms with van der Waals surface area (Å²) in [6.07, 6.45) is 4.14. The summed E-state index contributed by atoms with van der Waals surface area (Å²) in [7, 11) is 3.65. The molecule has 0 radical (unpaired) electrons. The quantitative estimate of drug-likeness (QED) is 0.746. The molecule has 0 bridgehead atoms. The Hall–Kier alpha value is -1.23. The molecule has 5 heteroatoms. The fourth-order valence-corrected chi connectivity index (χ4v) is 2.13. The highest BCUT2D eigenvalue weighted by atomic mass is 16.5. The summed E-state index contributed by atoms with van der Waals surface area (Å²) in [6, 6.07) is 0.284. The highest BCUT2D eigenvalue weighted by Gasteiger charge is 2.16. The van der Waals surface area contributed by atoms with Crippen LogP contribution in [0.4, 0.5) is 11.5 Å². The summed E-state index contributed by atoms with van der Waals surface area (Å²) in [5.41, 5.74) is 7.90. The maximum atomic E-state index is 6.14. The van der Waals surface area contributed by atoms with E-state index < -0.39 is 0 Å². The van der Waals surface area contributed by atoms with Crippen molar-refractivity contribution in [2.45, 2.75) is 45.6 Å². The fraction of sp³-hybridized carbons (Fsp3) is 0.769. The number of hydrogen-bond donors (Lipinski definition) is 2. The molecule has 0 saturated carbocycles. The van der Waals surface area contributed by atoms with E-state index in [9.17, 15) is 0 Å². The van der Waals surface area contributed by atoms with Crippen LogP contribution >= 0.6 is 0 Å². The van der Waals surface area contributed by atoms with Gasteiger partial charge in [-0.25, -0.2) is 0 Å². The lowest BCUT2D eigenvalue weighted by atomic mass is 10.1. The van der Waals surface area contributed by atoms with Crippen LogP contribution in [0.1, 0.15) is 38.8 Å². The van der Waals surface area contributed by atoms with Gasteiger partial charge in [0.1, 0.15) is 5.82 Å². The van der Waals surface area contributed by atoms with E-state index in [1.807, 2.05) is 11.7 Å². The van der Waals surface area contributed by atoms with Gasteiger partial charge in [0.2, 0.25) is 0 Å². The van der Waals surface area contributed by atoms with Crippen LogP contribution in [0.15, 0.2) is 0 Å². The van der Waals surface area contributed by atoms with Gasteiger partial charge in [-0.3, -0.25) is 4.68 Å². The van der Waals surface area contributed by atoms with Gasteiger partial charge in [-0.2, -0.15) is 5.10 Å². The fourth-order valence-electron chi connectivity index (χ4n) is 2.13. The van der Waals surface area contributed by atoms with Crippen LogP contribution in [0.3, 0.4) is 0 Å². The Bertz CT molecular complexity index is 356. The first-order valence-corrected chi connectivity index (χ1v) is 6.70. The largest absolute Gasteiger partial charge is 0.394 e. The zero-order chi connectivity index (χ0) is 13.5. The van der Waals surface area contributed by atoms with Gasteiger partial charge >= 0.3 is 0 Å². The molecule has 3 N–H and O–H groups in total. The number of rotatable bonds is 8. The Morgan fingerprint density at radius 1 is 1.39 bits per heavy atom. The topological polar surface area (TPSA) is 65.1 Å². The molecule has 1 rings (SSSR count). The van der Waals surface area contributed by atoms with Crippen LogP contribution in [0, 0.1) is 0 Å². The molecular weight excluding hydrogens is 228 g/mol. The molecule has 0 fully saturated rings. The molecule has 0 amide bonds. The molecule has 18 heavy (non-hydrogen) atoms. The van der Waals surface area contributed by atoms with Crippen molar-refractivity contribution in [2.75, 3.05) is 24.8 Å². The van der Waals surface area contributed by atoms with Gasteiger partial charge in [0, 0.05) is 14.2 Å². The van der Waals surface area contributed by atoms with Crippen LogP contribution in [0.25, 0.3) is 0 Å². The lowest BCUT2D eigenvalue weighted by molar-refractivity contribution is 0.182. The van der Waals surface area contributed by atoms with Crippen LogP contribution in [0.5, 0.6) is 0 Å². The van der Waals surface area contributed by atoms with Crippen LogP contribution in [-0.4, -0.2) is 29.5 Å². The highest BCUT2D eigenvalue weighted by molar-refractivity contribution is 5.65. The molecule has 5 nitrogen and oxygen atoms in total. The van der Waals surface area contributed by atoms with Crippen LogP contribution in [0.2, 0.25) is 0 Å². The average Bonchev–Trinajstić information content (AvgIpc) is 2.58. The third kappa shape index (κ3) is 3.63. The predicted molar refractivity (Wildman–Crippen MR) is 75.8 cm³/mol. The number of aryl methyl sites for hydroxylation is 2. The molecule has 0 aliphatic carbocycles. The van der Waals surface area contributed by atoms with Crippen LogP contribution < -0.4 is 11.1 Å². The van der Waals surface area contributed by atoms with Crippen molar-refractivity contribution >= 4 is 11.5 Å². The van der Waals surface area contributed by atoms with E-state index in [1.165, 1.54) is 0 Å². The zero-order valence-corrected chi connectivity index (χ0v) is 12.0. The van der Waals surface area contributed by atoms with Crippen molar-refractivity contribution in [3.8, 4) is 0 Å². The molecule has 1 heterocycles. The van der Waals surface area contributed by atoms with Crippen molar-refractivity contribution in [3.05, 3.63) is 5.69 Å². The molecule has 1 unspecified atom stereocenters. The first-order valence-electron chi connectivity index (χ1n) is 6.70. The third-order valence-corrected chi connectivity index (χ3v) is 2.99. The molecule has 1 atom stereocenters. The minimum absolute atomic E-state index is 0.284. The maximum absolute atomic E-state index is 6.14. The monoisotopic (exact) mass is 254 g/mol. The second kappa shape index (κ2) is 7.26.